The molecule has 0 radical (unpaired) electrons. The molecule has 0 amide bonds. The zero-order valence-electron chi connectivity index (χ0n) is 13.7. The standard InChI is InChI=1S/C18H20N2O3S/c1-13-6-9-16(10-7-13)24(21,22)20-19-18-5-3-4-14-12-15(23-2)8-11-17(14)18/h6-12,20H,3-5H2,1-2H3/b19-18-. The number of fused-ring (bicyclic) bond motifs is 1. The van der Waals surface area contributed by atoms with Gasteiger partial charge in [-0.2, -0.15) is 18.4 Å². The van der Waals surface area contributed by atoms with Crippen molar-refractivity contribution in [2.75, 3.05) is 7.11 Å². The molecule has 5 nitrogen and oxygen atoms in total. The fourth-order valence-corrected chi connectivity index (χ4v) is 3.60. The van der Waals surface area contributed by atoms with Crippen molar-refractivity contribution in [3.8, 4) is 5.75 Å². The zero-order chi connectivity index (χ0) is 17.2. The van der Waals surface area contributed by atoms with Gasteiger partial charge in [0.1, 0.15) is 5.75 Å². The lowest BCUT2D eigenvalue weighted by Crippen LogP contribution is -2.22. The van der Waals surface area contributed by atoms with Gasteiger partial charge in [-0.05, 0) is 62.1 Å². The van der Waals surface area contributed by atoms with E-state index >= 15 is 0 Å². The molecule has 0 fully saturated rings. The second-order valence-electron chi connectivity index (χ2n) is 5.84. The van der Waals surface area contributed by atoms with Crippen LogP contribution in [0.3, 0.4) is 0 Å². The number of hydrogen-bond donors (Lipinski definition) is 1. The maximum absolute atomic E-state index is 12.4. The molecule has 3 rings (SSSR count). The molecule has 2 aromatic carbocycles. The average molecular weight is 344 g/mol. The average Bonchev–Trinajstić information content (AvgIpc) is 2.59. The Hall–Kier alpha value is -2.34. The molecular formula is C18H20N2O3S. The first-order chi connectivity index (χ1) is 11.5. The minimum absolute atomic E-state index is 0.211. The van der Waals surface area contributed by atoms with Crippen molar-refractivity contribution >= 4 is 15.7 Å². The summed E-state index contributed by atoms with van der Waals surface area (Å²) >= 11 is 0. The molecule has 0 unspecified atom stereocenters. The molecule has 0 aliphatic heterocycles. The lowest BCUT2D eigenvalue weighted by Gasteiger charge is -2.18. The van der Waals surface area contributed by atoms with Gasteiger partial charge in [-0.25, -0.2) is 0 Å². The first-order valence-corrected chi connectivity index (χ1v) is 9.30. The Balaban J connectivity index is 1.87. The topological polar surface area (TPSA) is 67.8 Å². The predicted octanol–water partition coefficient (Wildman–Crippen LogP) is 3.02. The fraction of sp³-hybridized carbons (Fsp3) is 0.278. The number of nitrogens with one attached hydrogen (secondary N) is 1. The van der Waals surface area contributed by atoms with E-state index in [9.17, 15) is 8.42 Å². The van der Waals surface area contributed by atoms with E-state index < -0.39 is 10.0 Å². The van der Waals surface area contributed by atoms with Crippen LogP contribution >= 0.6 is 0 Å². The van der Waals surface area contributed by atoms with Crippen molar-refractivity contribution in [3.05, 3.63) is 59.2 Å². The molecule has 0 bridgehead atoms. The van der Waals surface area contributed by atoms with E-state index in [2.05, 4.69) is 9.93 Å². The fourth-order valence-electron chi connectivity index (χ4n) is 2.77. The molecular weight excluding hydrogens is 324 g/mol. The van der Waals surface area contributed by atoms with Gasteiger partial charge in [0.05, 0.1) is 17.7 Å². The van der Waals surface area contributed by atoms with Gasteiger partial charge in [-0.1, -0.05) is 17.7 Å². The lowest BCUT2D eigenvalue weighted by molar-refractivity contribution is 0.414. The summed E-state index contributed by atoms with van der Waals surface area (Å²) in [5.74, 6) is 0.801. The number of benzene rings is 2. The third-order valence-electron chi connectivity index (χ3n) is 4.12. The van der Waals surface area contributed by atoms with Crippen LogP contribution in [0.1, 0.15) is 29.5 Å². The van der Waals surface area contributed by atoms with Crippen LogP contribution in [-0.2, 0) is 16.4 Å². The molecule has 0 spiro atoms. The van der Waals surface area contributed by atoms with E-state index in [1.54, 1.807) is 31.4 Å². The smallest absolute Gasteiger partial charge is 0.276 e. The molecule has 0 saturated carbocycles. The molecule has 1 N–H and O–H groups in total. The molecule has 0 atom stereocenters. The number of rotatable bonds is 4. The lowest BCUT2D eigenvalue weighted by atomic mass is 9.90. The number of hydrazone groups is 1. The Morgan fingerprint density at radius 3 is 2.54 bits per heavy atom. The molecule has 1 aliphatic rings. The zero-order valence-corrected chi connectivity index (χ0v) is 14.6. The highest BCUT2D eigenvalue weighted by atomic mass is 32.2. The van der Waals surface area contributed by atoms with E-state index in [4.69, 9.17) is 4.74 Å². The third-order valence-corrected chi connectivity index (χ3v) is 5.34. The van der Waals surface area contributed by atoms with E-state index in [1.807, 2.05) is 25.1 Å². The molecule has 0 saturated heterocycles. The summed E-state index contributed by atoms with van der Waals surface area (Å²) in [6.45, 7) is 1.91. The number of nitrogens with zero attached hydrogens (tertiary/aromatic N) is 1. The first-order valence-electron chi connectivity index (χ1n) is 7.82. The molecule has 6 heteroatoms. The van der Waals surface area contributed by atoms with Crippen molar-refractivity contribution in [2.24, 2.45) is 5.10 Å². The highest BCUT2D eigenvalue weighted by Crippen LogP contribution is 2.25. The van der Waals surface area contributed by atoms with Crippen molar-refractivity contribution in [3.63, 3.8) is 0 Å². The number of ether oxygens (including phenoxy) is 1. The quantitative estimate of drug-likeness (QED) is 0.867. The van der Waals surface area contributed by atoms with Crippen LogP contribution in [0.2, 0.25) is 0 Å². The van der Waals surface area contributed by atoms with Gasteiger partial charge in [0, 0.05) is 5.56 Å². The predicted molar refractivity (Wildman–Crippen MR) is 94.0 cm³/mol. The Bertz CT molecular complexity index is 872. The Morgan fingerprint density at radius 1 is 1.08 bits per heavy atom. The van der Waals surface area contributed by atoms with Crippen molar-refractivity contribution in [1.29, 1.82) is 0 Å². The Kier molecular flexibility index (Phi) is 4.57. The van der Waals surface area contributed by atoms with Gasteiger partial charge < -0.3 is 4.74 Å². The second-order valence-corrected chi connectivity index (χ2v) is 7.50. The highest BCUT2D eigenvalue weighted by molar-refractivity contribution is 7.89. The summed E-state index contributed by atoms with van der Waals surface area (Å²) in [6, 6.07) is 12.5. The first kappa shape index (κ1) is 16.5. The monoisotopic (exact) mass is 344 g/mol. The molecule has 0 heterocycles. The Labute approximate surface area is 142 Å². The van der Waals surface area contributed by atoms with Gasteiger partial charge >= 0.3 is 0 Å². The maximum atomic E-state index is 12.4. The molecule has 0 aromatic heterocycles. The summed E-state index contributed by atoms with van der Waals surface area (Å²) in [6.07, 6.45) is 2.62. The molecule has 24 heavy (non-hydrogen) atoms. The van der Waals surface area contributed by atoms with Crippen LogP contribution in [0.25, 0.3) is 0 Å². The van der Waals surface area contributed by atoms with E-state index in [1.165, 1.54) is 0 Å². The van der Waals surface area contributed by atoms with E-state index in [-0.39, 0.29) is 4.90 Å². The highest BCUT2D eigenvalue weighted by Gasteiger charge is 2.18. The summed E-state index contributed by atoms with van der Waals surface area (Å²) in [7, 11) is -2.02. The second kappa shape index (κ2) is 6.65. The SMILES string of the molecule is COc1ccc2c(c1)CCC/C2=N/NS(=O)(=O)c1ccc(C)cc1. The van der Waals surface area contributed by atoms with Crippen LogP contribution in [-0.4, -0.2) is 21.2 Å². The van der Waals surface area contributed by atoms with Crippen LogP contribution in [0.15, 0.2) is 52.5 Å². The van der Waals surface area contributed by atoms with E-state index in [0.29, 0.717) is 0 Å². The van der Waals surface area contributed by atoms with Crippen LogP contribution in [0, 0.1) is 6.92 Å². The maximum Gasteiger partial charge on any atom is 0.276 e. The van der Waals surface area contributed by atoms with Crippen molar-refractivity contribution in [1.82, 2.24) is 4.83 Å². The summed E-state index contributed by atoms with van der Waals surface area (Å²) in [4.78, 5) is 2.57. The van der Waals surface area contributed by atoms with E-state index in [0.717, 1.165) is 47.4 Å². The van der Waals surface area contributed by atoms with Crippen molar-refractivity contribution < 1.29 is 13.2 Å². The van der Waals surface area contributed by atoms with Gasteiger partial charge in [-0.15, -0.1) is 0 Å². The molecule has 1 aliphatic carbocycles. The van der Waals surface area contributed by atoms with Gasteiger partial charge in [0.2, 0.25) is 0 Å². The van der Waals surface area contributed by atoms with Gasteiger partial charge in [-0.3, -0.25) is 0 Å². The van der Waals surface area contributed by atoms with Gasteiger partial charge in [0.15, 0.2) is 0 Å². The van der Waals surface area contributed by atoms with Crippen LogP contribution in [0.4, 0.5) is 0 Å². The summed E-state index contributed by atoms with van der Waals surface area (Å²) in [5, 5.41) is 4.19. The molecule has 2 aromatic rings. The molecule has 126 valence electrons. The number of hydrogen-bond acceptors (Lipinski definition) is 4. The number of methoxy groups -OCH3 is 1. The largest absolute Gasteiger partial charge is 0.497 e. The normalized spacial score (nSPS) is 15.8. The van der Waals surface area contributed by atoms with Gasteiger partial charge in [0.25, 0.3) is 10.0 Å². The van der Waals surface area contributed by atoms with Crippen molar-refractivity contribution in [2.45, 2.75) is 31.1 Å². The third kappa shape index (κ3) is 3.43. The minimum Gasteiger partial charge on any atom is -0.497 e. The Morgan fingerprint density at radius 2 is 1.83 bits per heavy atom. The summed E-state index contributed by atoms with van der Waals surface area (Å²) < 4.78 is 30.0. The summed E-state index contributed by atoms with van der Waals surface area (Å²) in [5.41, 5.74) is 3.88. The van der Waals surface area contributed by atoms with Crippen LogP contribution in [0.5, 0.6) is 5.75 Å². The minimum atomic E-state index is -3.65. The number of sulfonamides is 1. The van der Waals surface area contributed by atoms with Crippen LogP contribution < -0.4 is 9.57 Å². The number of aryl methyl sites for hydroxylation is 2.